The van der Waals surface area contributed by atoms with E-state index < -0.39 is 21.3 Å². The molecule has 1 aliphatic carbocycles. The number of halogens is 2. The summed E-state index contributed by atoms with van der Waals surface area (Å²) in [6, 6.07) is 12.7. The highest BCUT2D eigenvalue weighted by molar-refractivity contribution is 6.53. The number of hydrogen-bond donors (Lipinski definition) is 0. The summed E-state index contributed by atoms with van der Waals surface area (Å²) in [5.41, 5.74) is -0.349. The Morgan fingerprint density at radius 1 is 1.24 bits per heavy atom. The molecule has 4 nitrogen and oxygen atoms in total. The van der Waals surface area contributed by atoms with Crippen LogP contribution in [0, 0.1) is 5.41 Å². The van der Waals surface area contributed by atoms with E-state index in [9.17, 15) is 9.59 Å². The Bertz CT molecular complexity index is 1070. The lowest BCUT2D eigenvalue weighted by molar-refractivity contribution is -0.150. The van der Waals surface area contributed by atoms with Gasteiger partial charge in [0, 0.05) is 23.4 Å². The van der Waals surface area contributed by atoms with Gasteiger partial charge >= 0.3 is 11.6 Å². The van der Waals surface area contributed by atoms with Crippen LogP contribution in [0.1, 0.15) is 18.9 Å². The van der Waals surface area contributed by atoms with E-state index in [0.29, 0.717) is 17.6 Å². The first-order chi connectivity index (χ1) is 11.8. The zero-order valence-corrected chi connectivity index (χ0v) is 14.9. The van der Waals surface area contributed by atoms with Gasteiger partial charge in [-0.15, -0.1) is 23.2 Å². The standard InChI is InChI=1S/C19H14Cl2O4/c1-18(10-19(18,20)21)17(23)24-9-12-8-15(22)25-14-7-6-11-4-2-3-5-13(11)16(12)14/h2-8H,9-10H2,1H3. The molecule has 4 rings (SSSR count). The minimum atomic E-state index is -1.09. The van der Waals surface area contributed by atoms with E-state index >= 15 is 0 Å². The highest BCUT2D eigenvalue weighted by Gasteiger charge is 2.69. The Hall–Kier alpha value is -2.04. The summed E-state index contributed by atoms with van der Waals surface area (Å²) in [4.78, 5) is 24.2. The SMILES string of the molecule is CC1(C(=O)OCc2cc(=O)oc3ccc4ccccc4c23)CC1(Cl)Cl. The third kappa shape index (κ3) is 2.60. The van der Waals surface area contributed by atoms with Gasteiger partial charge in [-0.05, 0) is 23.8 Å². The van der Waals surface area contributed by atoms with Crippen LogP contribution < -0.4 is 5.63 Å². The van der Waals surface area contributed by atoms with Crippen LogP contribution in [0.4, 0.5) is 0 Å². The van der Waals surface area contributed by atoms with Gasteiger partial charge in [0.05, 0.1) is 0 Å². The summed E-state index contributed by atoms with van der Waals surface area (Å²) < 4.78 is 9.62. The van der Waals surface area contributed by atoms with Crippen molar-refractivity contribution in [2.45, 2.75) is 24.3 Å². The van der Waals surface area contributed by atoms with Crippen molar-refractivity contribution in [3.8, 4) is 0 Å². The molecule has 1 fully saturated rings. The smallest absolute Gasteiger partial charge is 0.336 e. The molecule has 1 unspecified atom stereocenters. The van der Waals surface area contributed by atoms with Gasteiger partial charge in [0.2, 0.25) is 0 Å². The van der Waals surface area contributed by atoms with E-state index in [1.54, 1.807) is 13.0 Å². The number of rotatable bonds is 3. The Labute approximate surface area is 153 Å². The molecule has 25 heavy (non-hydrogen) atoms. The first kappa shape index (κ1) is 16.4. The van der Waals surface area contributed by atoms with Crippen LogP contribution >= 0.6 is 23.2 Å². The molecule has 1 heterocycles. The summed E-state index contributed by atoms with van der Waals surface area (Å²) in [6.45, 7) is 1.62. The maximum atomic E-state index is 12.3. The normalized spacial score (nSPS) is 21.4. The Balaban J connectivity index is 1.75. The minimum absolute atomic E-state index is 0.0472. The third-order valence-electron chi connectivity index (χ3n) is 4.78. The summed E-state index contributed by atoms with van der Waals surface area (Å²) in [5.74, 6) is -0.473. The number of carbonyl (C=O) groups excluding carboxylic acids is 1. The molecule has 0 N–H and O–H groups in total. The van der Waals surface area contributed by atoms with Crippen LogP contribution in [0.15, 0.2) is 51.7 Å². The van der Waals surface area contributed by atoms with E-state index in [2.05, 4.69) is 0 Å². The van der Waals surface area contributed by atoms with E-state index in [1.807, 2.05) is 30.3 Å². The molecule has 1 atom stereocenters. The third-order valence-corrected chi connectivity index (χ3v) is 5.88. The van der Waals surface area contributed by atoms with Crippen LogP contribution in [0.2, 0.25) is 0 Å². The second-order valence-electron chi connectivity index (χ2n) is 6.54. The van der Waals surface area contributed by atoms with Gasteiger partial charge in [0.25, 0.3) is 0 Å². The number of benzene rings is 2. The van der Waals surface area contributed by atoms with Gasteiger partial charge in [0.15, 0.2) is 0 Å². The van der Waals surface area contributed by atoms with Gasteiger partial charge in [-0.3, -0.25) is 4.79 Å². The average Bonchev–Trinajstić information content (AvgIpc) is 3.11. The zero-order valence-electron chi connectivity index (χ0n) is 13.3. The fourth-order valence-corrected chi connectivity index (χ4v) is 3.75. The second kappa shape index (κ2) is 5.48. The molecular weight excluding hydrogens is 363 g/mol. The van der Waals surface area contributed by atoms with Crippen molar-refractivity contribution >= 4 is 50.9 Å². The van der Waals surface area contributed by atoms with E-state index in [0.717, 1.165) is 16.2 Å². The van der Waals surface area contributed by atoms with Gasteiger partial charge in [-0.1, -0.05) is 30.3 Å². The van der Waals surface area contributed by atoms with Crippen molar-refractivity contribution < 1.29 is 13.9 Å². The molecule has 0 radical (unpaired) electrons. The first-order valence-electron chi connectivity index (χ1n) is 7.81. The van der Waals surface area contributed by atoms with E-state index in [4.69, 9.17) is 32.4 Å². The van der Waals surface area contributed by atoms with Crippen LogP contribution in [0.25, 0.3) is 21.7 Å². The predicted molar refractivity (Wildman–Crippen MR) is 96.9 cm³/mol. The molecule has 3 aromatic rings. The van der Waals surface area contributed by atoms with Gasteiger partial charge < -0.3 is 9.15 Å². The maximum Gasteiger partial charge on any atom is 0.336 e. The maximum absolute atomic E-state index is 12.3. The molecule has 1 aromatic heterocycles. The largest absolute Gasteiger partial charge is 0.460 e. The number of ether oxygens (including phenoxy) is 1. The highest BCUT2D eigenvalue weighted by Crippen LogP contribution is 2.64. The van der Waals surface area contributed by atoms with Crippen LogP contribution in [-0.2, 0) is 16.1 Å². The van der Waals surface area contributed by atoms with Crippen LogP contribution in [-0.4, -0.2) is 10.3 Å². The number of fused-ring (bicyclic) bond motifs is 3. The summed E-state index contributed by atoms with van der Waals surface area (Å²) in [7, 11) is 0. The number of alkyl halides is 2. The van der Waals surface area contributed by atoms with Gasteiger partial charge in [-0.2, -0.15) is 0 Å². The second-order valence-corrected chi connectivity index (χ2v) is 8.02. The van der Waals surface area contributed by atoms with Crippen molar-refractivity contribution in [3.63, 3.8) is 0 Å². The van der Waals surface area contributed by atoms with Crippen molar-refractivity contribution in [1.29, 1.82) is 0 Å². The Kier molecular flexibility index (Phi) is 3.60. The molecule has 0 amide bonds. The van der Waals surface area contributed by atoms with Gasteiger partial charge in [-0.25, -0.2) is 4.79 Å². The van der Waals surface area contributed by atoms with Crippen molar-refractivity contribution in [1.82, 2.24) is 0 Å². The quantitative estimate of drug-likeness (QED) is 0.290. The molecule has 2 aromatic carbocycles. The fraction of sp³-hybridized carbons (Fsp3) is 0.263. The molecular formula is C19H14Cl2O4. The lowest BCUT2D eigenvalue weighted by Gasteiger charge is -2.13. The summed E-state index contributed by atoms with van der Waals surface area (Å²) in [6.07, 6.45) is 0.350. The minimum Gasteiger partial charge on any atom is -0.460 e. The number of hydrogen-bond acceptors (Lipinski definition) is 4. The first-order valence-corrected chi connectivity index (χ1v) is 8.57. The topological polar surface area (TPSA) is 56.5 Å². The monoisotopic (exact) mass is 376 g/mol. The summed E-state index contributed by atoms with van der Waals surface area (Å²) >= 11 is 12.0. The lowest BCUT2D eigenvalue weighted by Crippen LogP contribution is -2.21. The summed E-state index contributed by atoms with van der Waals surface area (Å²) in [5, 5.41) is 2.69. The Morgan fingerprint density at radius 3 is 2.68 bits per heavy atom. The predicted octanol–water partition coefficient (Wildman–Crippen LogP) is 4.57. The number of esters is 1. The van der Waals surface area contributed by atoms with E-state index in [1.165, 1.54) is 6.07 Å². The van der Waals surface area contributed by atoms with Gasteiger partial charge in [0.1, 0.15) is 21.9 Å². The molecule has 0 saturated heterocycles. The zero-order chi connectivity index (χ0) is 17.8. The van der Waals surface area contributed by atoms with Crippen molar-refractivity contribution in [3.05, 3.63) is 58.4 Å². The Morgan fingerprint density at radius 2 is 1.96 bits per heavy atom. The van der Waals surface area contributed by atoms with Crippen molar-refractivity contribution in [2.75, 3.05) is 0 Å². The molecule has 1 saturated carbocycles. The molecule has 0 aliphatic heterocycles. The lowest BCUT2D eigenvalue weighted by atomic mass is 10.0. The molecule has 128 valence electrons. The molecule has 1 aliphatic rings. The number of carbonyl (C=O) groups is 1. The molecule has 0 bridgehead atoms. The van der Waals surface area contributed by atoms with Crippen LogP contribution in [0.3, 0.4) is 0 Å². The molecule has 6 heteroatoms. The highest BCUT2D eigenvalue weighted by atomic mass is 35.5. The van der Waals surface area contributed by atoms with Crippen molar-refractivity contribution in [2.24, 2.45) is 5.41 Å². The van der Waals surface area contributed by atoms with Crippen LogP contribution in [0.5, 0.6) is 0 Å². The fourth-order valence-electron chi connectivity index (χ4n) is 3.06. The molecule has 0 spiro atoms. The van der Waals surface area contributed by atoms with E-state index in [-0.39, 0.29) is 6.61 Å². The average molecular weight is 377 g/mol.